The monoisotopic (exact) mass is 190 g/mol. The molecule has 0 fully saturated rings. The number of nitrogens with zero attached hydrogens (tertiary/aromatic N) is 1. The highest BCUT2D eigenvalue weighted by atomic mass is 16.2. The van der Waals surface area contributed by atoms with Gasteiger partial charge in [-0.2, -0.15) is 5.10 Å². The molecule has 1 heterocycles. The molecule has 5 nitrogen and oxygen atoms in total. The van der Waals surface area contributed by atoms with E-state index in [0.717, 1.165) is 16.5 Å². The maximum Gasteiger partial charge on any atom is 0.265 e. The summed E-state index contributed by atoms with van der Waals surface area (Å²) in [6.45, 7) is 1.91. The normalized spacial score (nSPS) is 10.4. The van der Waals surface area contributed by atoms with E-state index in [9.17, 15) is 4.79 Å². The molecule has 0 saturated heterocycles. The largest absolute Gasteiger partial charge is 0.290 e. The summed E-state index contributed by atoms with van der Waals surface area (Å²) in [6, 6.07) is 3.70. The third-order valence-electron chi connectivity index (χ3n) is 2.08. The number of nitrogen functional groups attached to an aromatic ring is 1. The summed E-state index contributed by atoms with van der Waals surface area (Å²) in [5.41, 5.74) is 4.47. The first-order valence-electron chi connectivity index (χ1n) is 4.17. The average Bonchev–Trinajstić information content (AvgIpc) is 2.62. The molecule has 0 unspecified atom stereocenters. The van der Waals surface area contributed by atoms with Gasteiger partial charge in [0.25, 0.3) is 5.91 Å². The van der Waals surface area contributed by atoms with E-state index in [4.69, 9.17) is 5.84 Å². The molecule has 1 aromatic heterocycles. The number of hydrazine groups is 1. The van der Waals surface area contributed by atoms with Crippen LogP contribution in [0.15, 0.2) is 18.3 Å². The number of hydrogen-bond donors (Lipinski definition) is 3. The molecule has 0 spiro atoms. The second kappa shape index (κ2) is 3.12. The first-order chi connectivity index (χ1) is 6.72. The first-order valence-corrected chi connectivity index (χ1v) is 4.17. The highest BCUT2D eigenvalue weighted by Crippen LogP contribution is 2.18. The quantitative estimate of drug-likeness (QED) is 0.347. The molecule has 0 aliphatic heterocycles. The molecular weight excluding hydrogens is 180 g/mol. The van der Waals surface area contributed by atoms with Crippen molar-refractivity contribution < 1.29 is 4.79 Å². The SMILES string of the molecule is Cc1cc(C(=O)NN)c2cn[nH]c2c1. The van der Waals surface area contributed by atoms with E-state index < -0.39 is 0 Å². The Morgan fingerprint density at radius 3 is 3.07 bits per heavy atom. The number of amides is 1. The first kappa shape index (κ1) is 8.71. The number of aryl methyl sites for hydroxylation is 1. The standard InChI is InChI=1S/C9H10N4O/c1-5-2-6(9(14)12-10)7-4-11-13-8(7)3-5/h2-4H,10H2,1H3,(H,11,13)(H,12,14). The number of H-pyrrole nitrogens is 1. The second-order valence-corrected chi connectivity index (χ2v) is 3.12. The van der Waals surface area contributed by atoms with Gasteiger partial charge in [-0.05, 0) is 24.6 Å². The lowest BCUT2D eigenvalue weighted by molar-refractivity contribution is 0.0955. The number of hydrogen-bond acceptors (Lipinski definition) is 3. The number of nitrogens with one attached hydrogen (secondary N) is 2. The van der Waals surface area contributed by atoms with Gasteiger partial charge >= 0.3 is 0 Å². The molecule has 0 atom stereocenters. The van der Waals surface area contributed by atoms with Crippen LogP contribution in [0.4, 0.5) is 0 Å². The van der Waals surface area contributed by atoms with Crippen LogP contribution in [0.1, 0.15) is 15.9 Å². The van der Waals surface area contributed by atoms with Crippen LogP contribution in [0.5, 0.6) is 0 Å². The van der Waals surface area contributed by atoms with Gasteiger partial charge in [-0.3, -0.25) is 15.3 Å². The minimum absolute atomic E-state index is 0.305. The molecule has 2 aromatic rings. The number of carbonyl (C=O) groups is 1. The number of aromatic nitrogens is 2. The number of fused-ring (bicyclic) bond motifs is 1. The minimum Gasteiger partial charge on any atom is -0.290 e. The zero-order valence-corrected chi connectivity index (χ0v) is 7.66. The maximum atomic E-state index is 11.4. The van der Waals surface area contributed by atoms with Crippen molar-refractivity contribution in [3.8, 4) is 0 Å². The summed E-state index contributed by atoms with van der Waals surface area (Å²) in [5.74, 6) is 4.78. The summed E-state index contributed by atoms with van der Waals surface area (Å²) in [4.78, 5) is 11.4. The van der Waals surface area contributed by atoms with Crippen LogP contribution in [0.25, 0.3) is 10.9 Å². The number of rotatable bonds is 1. The third kappa shape index (κ3) is 1.23. The molecule has 0 saturated carbocycles. The van der Waals surface area contributed by atoms with Crippen LogP contribution in [0.2, 0.25) is 0 Å². The van der Waals surface area contributed by atoms with E-state index in [1.165, 1.54) is 0 Å². The lowest BCUT2D eigenvalue weighted by atomic mass is 10.1. The van der Waals surface area contributed by atoms with Crippen LogP contribution in [-0.4, -0.2) is 16.1 Å². The zero-order chi connectivity index (χ0) is 10.1. The third-order valence-corrected chi connectivity index (χ3v) is 2.08. The van der Waals surface area contributed by atoms with E-state index in [-0.39, 0.29) is 5.91 Å². The summed E-state index contributed by atoms with van der Waals surface area (Å²) in [5, 5.41) is 7.46. The van der Waals surface area contributed by atoms with Gasteiger partial charge < -0.3 is 0 Å². The van der Waals surface area contributed by atoms with E-state index in [2.05, 4.69) is 15.6 Å². The average molecular weight is 190 g/mol. The molecule has 0 radical (unpaired) electrons. The van der Waals surface area contributed by atoms with Gasteiger partial charge in [0.05, 0.1) is 17.3 Å². The zero-order valence-electron chi connectivity index (χ0n) is 7.66. The molecule has 72 valence electrons. The lowest BCUT2D eigenvalue weighted by Gasteiger charge is -2.02. The van der Waals surface area contributed by atoms with Crippen LogP contribution in [0, 0.1) is 6.92 Å². The lowest BCUT2D eigenvalue weighted by Crippen LogP contribution is -2.30. The van der Waals surface area contributed by atoms with Crippen LogP contribution in [0.3, 0.4) is 0 Å². The highest BCUT2D eigenvalue weighted by Gasteiger charge is 2.10. The van der Waals surface area contributed by atoms with Crippen molar-refractivity contribution in [2.45, 2.75) is 6.92 Å². The summed E-state index contributed by atoms with van der Waals surface area (Å²) in [6.07, 6.45) is 1.61. The fourth-order valence-corrected chi connectivity index (χ4v) is 1.46. The van der Waals surface area contributed by atoms with Crippen molar-refractivity contribution in [2.75, 3.05) is 0 Å². The van der Waals surface area contributed by atoms with Gasteiger partial charge in [0.15, 0.2) is 0 Å². The van der Waals surface area contributed by atoms with Gasteiger partial charge in [-0.25, -0.2) is 5.84 Å². The fourth-order valence-electron chi connectivity index (χ4n) is 1.46. The fraction of sp³-hybridized carbons (Fsp3) is 0.111. The van der Waals surface area contributed by atoms with Crippen LogP contribution in [-0.2, 0) is 0 Å². The minimum atomic E-state index is -0.305. The van der Waals surface area contributed by atoms with Gasteiger partial charge in [-0.1, -0.05) is 0 Å². The van der Waals surface area contributed by atoms with Crippen LogP contribution >= 0.6 is 0 Å². The predicted octanol–water partition coefficient (Wildman–Crippen LogP) is 0.475. The Morgan fingerprint density at radius 1 is 1.57 bits per heavy atom. The van der Waals surface area contributed by atoms with Crippen molar-refractivity contribution in [2.24, 2.45) is 5.84 Å². The molecular formula is C9H10N4O. The van der Waals surface area contributed by atoms with E-state index in [1.807, 2.05) is 13.0 Å². The Bertz CT molecular complexity index is 489. The summed E-state index contributed by atoms with van der Waals surface area (Å²) >= 11 is 0. The molecule has 2 rings (SSSR count). The molecule has 4 N–H and O–H groups in total. The van der Waals surface area contributed by atoms with Gasteiger partial charge in [0.1, 0.15) is 0 Å². The van der Waals surface area contributed by atoms with Crippen LogP contribution < -0.4 is 11.3 Å². The highest BCUT2D eigenvalue weighted by molar-refractivity contribution is 6.06. The summed E-state index contributed by atoms with van der Waals surface area (Å²) in [7, 11) is 0. The number of nitrogens with two attached hydrogens (primary N) is 1. The molecule has 0 bridgehead atoms. The Hall–Kier alpha value is -1.88. The molecule has 0 aliphatic rings. The van der Waals surface area contributed by atoms with Crippen molar-refractivity contribution in [1.82, 2.24) is 15.6 Å². The topological polar surface area (TPSA) is 83.8 Å². The summed E-state index contributed by atoms with van der Waals surface area (Å²) < 4.78 is 0. The van der Waals surface area contributed by atoms with Gasteiger partial charge in [0, 0.05) is 5.39 Å². The van der Waals surface area contributed by atoms with Crippen molar-refractivity contribution >= 4 is 16.8 Å². The number of benzene rings is 1. The number of carbonyl (C=O) groups excluding carboxylic acids is 1. The molecule has 5 heteroatoms. The number of aromatic amines is 1. The van der Waals surface area contributed by atoms with E-state index in [0.29, 0.717) is 5.56 Å². The Kier molecular flexibility index (Phi) is 1.94. The van der Waals surface area contributed by atoms with Gasteiger partial charge in [-0.15, -0.1) is 0 Å². The van der Waals surface area contributed by atoms with E-state index >= 15 is 0 Å². The Labute approximate surface area is 80.3 Å². The second-order valence-electron chi connectivity index (χ2n) is 3.12. The Balaban J connectivity index is 2.72. The molecule has 0 aliphatic carbocycles. The molecule has 14 heavy (non-hydrogen) atoms. The van der Waals surface area contributed by atoms with E-state index in [1.54, 1.807) is 12.3 Å². The van der Waals surface area contributed by atoms with Crippen molar-refractivity contribution in [1.29, 1.82) is 0 Å². The smallest absolute Gasteiger partial charge is 0.265 e. The molecule has 1 amide bonds. The molecule has 1 aromatic carbocycles. The van der Waals surface area contributed by atoms with Gasteiger partial charge in [0.2, 0.25) is 0 Å². The van der Waals surface area contributed by atoms with Crippen molar-refractivity contribution in [3.05, 3.63) is 29.5 Å². The van der Waals surface area contributed by atoms with Crippen molar-refractivity contribution in [3.63, 3.8) is 0 Å². The Morgan fingerprint density at radius 2 is 2.36 bits per heavy atom. The maximum absolute atomic E-state index is 11.4. The predicted molar refractivity (Wildman–Crippen MR) is 52.5 cm³/mol.